The lowest BCUT2D eigenvalue weighted by Gasteiger charge is -2.26. The number of rotatable bonds is 6. The summed E-state index contributed by atoms with van der Waals surface area (Å²) in [7, 11) is 0. The van der Waals surface area contributed by atoms with Crippen LogP contribution in [0.5, 0.6) is 0 Å². The summed E-state index contributed by atoms with van der Waals surface area (Å²) in [6.07, 6.45) is 7.97. The van der Waals surface area contributed by atoms with Gasteiger partial charge in [0.15, 0.2) is 6.23 Å². The maximum atomic E-state index is 12.3. The fraction of sp³-hybridized carbons (Fsp3) is 0.333. The van der Waals surface area contributed by atoms with Gasteiger partial charge in [0, 0.05) is 18.7 Å². The van der Waals surface area contributed by atoms with Gasteiger partial charge >= 0.3 is 0 Å². The highest BCUT2D eigenvalue weighted by Gasteiger charge is 2.28. The fourth-order valence-corrected chi connectivity index (χ4v) is 4.92. The standard InChI is InChI=1S/C27H30N2O3/c1-5-21-15-19(12-17(3)26(21)28-11-7-8-23(28)30)14-20-13-18(4)27(22(6-2)16-20)29-24(31)9-10-25(29)32/h7-10,12-13,15-16,24,31H,5-6,11,14H2,1-4H3. The second-order valence-electron chi connectivity index (χ2n) is 8.56. The monoisotopic (exact) mass is 430 g/mol. The maximum absolute atomic E-state index is 12.3. The van der Waals surface area contributed by atoms with Crippen molar-refractivity contribution in [2.75, 3.05) is 16.3 Å². The summed E-state index contributed by atoms with van der Waals surface area (Å²) in [5.74, 6) is -0.143. The Hall–Kier alpha value is -3.18. The van der Waals surface area contributed by atoms with Gasteiger partial charge in [-0.2, -0.15) is 0 Å². The molecule has 0 bridgehead atoms. The number of nitrogens with zero attached hydrogens (tertiary/aromatic N) is 2. The predicted octanol–water partition coefficient (Wildman–Crippen LogP) is 4.14. The quantitative estimate of drug-likeness (QED) is 0.749. The highest BCUT2D eigenvalue weighted by atomic mass is 16.3. The van der Waals surface area contributed by atoms with Gasteiger partial charge in [-0.25, -0.2) is 0 Å². The maximum Gasteiger partial charge on any atom is 0.253 e. The van der Waals surface area contributed by atoms with Crippen LogP contribution in [0.25, 0.3) is 0 Å². The molecule has 2 heterocycles. The van der Waals surface area contributed by atoms with Gasteiger partial charge < -0.3 is 10.0 Å². The Kier molecular flexibility index (Phi) is 6.02. The van der Waals surface area contributed by atoms with Crippen molar-refractivity contribution in [3.8, 4) is 0 Å². The molecule has 1 unspecified atom stereocenters. The van der Waals surface area contributed by atoms with E-state index in [0.29, 0.717) is 6.54 Å². The summed E-state index contributed by atoms with van der Waals surface area (Å²) >= 11 is 0. The van der Waals surface area contributed by atoms with E-state index in [4.69, 9.17) is 0 Å². The molecule has 0 saturated carbocycles. The van der Waals surface area contributed by atoms with E-state index in [-0.39, 0.29) is 11.8 Å². The first-order valence-electron chi connectivity index (χ1n) is 11.3. The number of aliphatic hydroxyl groups excluding tert-OH is 1. The number of anilines is 2. The molecule has 1 atom stereocenters. The second kappa shape index (κ2) is 8.75. The Labute approximate surface area is 189 Å². The smallest absolute Gasteiger partial charge is 0.253 e. The third-order valence-corrected chi connectivity index (χ3v) is 6.29. The molecule has 2 aromatic carbocycles. The highest BCUT2D eigenvalue weighted by Crippen LogP contribution is 2.34. The number of carbonyl (C=O) groups is 2. The Morgan fingerprint density at radius 3 is 1.97 bits per heavy atom. The Balaban J connectivity index is 1.67. The van der Waals surface area contributed by atoms with Gasteiger partial charge in [0.25, 0.3) is 11.8 Å². The molecule has 0 fully saturated rings. The molecule has 0 radical (unpaired) electrons. The number of benzene rings is 2. The number of hydrogen-bond donors (Lipinski definition) is 1. The van der Waals surface area contributed by atoms with Crippen LogP contribution in [0.15, 0.2) is 48.6 Å². The van der Waals surface area contributed by atoms with Gasteiger partial charge in [-0.3, -0.25) is 14.5 Å². The average molecular weight is 431 g/mol. The van der Waals surface area contributed by atoms with Crippen LogP contribution in [-0.4, -0.2) is 29.7 Å². The van der Waals surface area contributed by atoms with E-state index in [1.54, 1.807) is 6.08 Å². The van der Waals surface area contributed by atoms with Crippen LogP contribution in [0, 0.1) is 13.8 Å². The summed E-state index contributed by atoms with van der Waals surface area (Å²) in [4.78, 5) is 27.9. The number of amides is 2. The van der Waals surface area contributed by atoms with Crippen molar-refractivity contribution in [1.82, 2.24) is 0 Å². The summed E-state index contributed by atoms with van der Waals surface area (Å²) in [5, 5.41) is 10.3. The molecule has 2 aromatic rings. The number of aryl methyl sites for hydroxylation is 4. The van der Waals surface area contributed by atoms with Crippen LogP contribution in [0.4, 0.5) is 11.4 Å². The minimum Gasteiger partial charge on any atom is -0.369 e. The normalized spacial score (nSPS) is 17.8. The highest BCUT2D eigenvalue weighted by molar-refractivity contribution is 6.06. The molecule has 2 amide bonds. The van der Waals surface area contributed by atoms with E-state index in [1.165, 1.54) is 33.7 Å². The molecule has 0 aliphatic carbocycles. The largest absolute Gasteiger partial charge is 0.369 e. The van der Waals surface area contributed by atoms with Crippen LogP contribution < -0.4 is 9.80 Å². The third kappa shape index (κ3) is 3.89. The summed E-state index contributed by atoms with van der Waals surface area (Å²) < 4.78 is 0. The molecule has 32 heavy (non-hydrogen) atoms. The third-order valence-electron chi connectivity index (χ3n) is 6.29. The first kappa shape index (κ1) is 22.0. The van der Waals surface area contributed by atoms with Crippen molar-refractivity contribution in [1.29, 1.82) is 0 Å². The Morgan fingerprint density at radius 1 is 0.875 bits per heavy atom. The molecule has 2 aliphatic rings. The van der Waals surface area contributed by atoms with E-state index in [1.807, 2.05) is 17.9 Å². The number of carbonyl (C=O) groups excluding carboxylic acids is 2. The molecule has 0 aromatic heterocycles. The lowest BCUT2D eigenvalue weighted by molar-refractivity contribution is -0.115. The molecule has 4 rings (SSSR count). The van der Waals surface area contributed by atoms with Crippen molar-refractivity contribution < 1.29 is 14.7 Å². The molecule has 0 saturated heterocycles. The van der Waals surface area contributed by atoms with Gasteiger partial charge in [0.1, 0.15) is 0 Å². The Bertz CT molecular complexity index is 1150. The van der Waals surface area contributed by atoms with Crippen LogP contribution in [0.2, 0.25) is 0 Å². The molecule has 5 nitrogen and oxygen atoms in total. The lowest BCUT2D eigenvalue weighted by atomic mass is 9.93. The van der Waals surface area contributed by atoms with Crippen molar-refractivity contribution >= 4 is 23.2 Å². The van der Waals surface area contributed by atoms with Crippen molar-refractivity contribution in [2.24, 2.45) is 0 Å². The first-order chi connectivity index (χ1) is 15.3. The predicted molar refractivity (Wildman–Crippen MR) is 128 cm³/mol. The lowest BCUT2D eigenvalue weighted by Crippen LogP contribution is -2.35. The van der Waals surface area contributed by atoms with E-state index in [0.717, 1.165) is 47.3 Å². The van der Waals surface area contributed by atoms with E-state index in [9.17, 15) is 14.7 Å². The minimum absolute atomic E-state index is 0.0440. The van der Waals surface area contributed by atoms with E-state index in [2.05, 4.69) is 45.0 Å². The van der Waals surface area contributed by atoms with Crippen molar-refractivity contribution in [3.63, 3.8) is 0 Å². The van der Waals surface area contributed by atoms with Crippen molar-refractivity contribution in [3.05, 3.63) is 82.0 Å². The molecular formula is C27H30N2O3. The molecule has 2 aliphatic heterocycles. The molecule has 5 heteroatoms. The Morgan fingerprint density at radius 2 is 1.47 bits per heavy atom. The zero-order valence-electron chi connectivity index (χ0n) is 19.2. The summed E-state index contributed by atoms with van der Waals surface area (Å²) in [6.45, 7) is 8.88. The van der Waals surface area contributed by atoms with Crippen molar-refractivity contribution in [2.45, 2.75) is 53.2 Å². The number of hydrogen-bond acceptors (Lipinski definition) is 3. The van der Waals surface area contributed by atoms with Crippen LogP contribution in [0.3, 0.4) is 0 Å². The van der Waals surface area contributed by atoms with Gasteiger partial charge in [0.05, 0.1) is 11.4 Å². The van der Waals surface area contributed by atoms with Crippen LogP contribution in [-0.2, 0) is 28.9 Å². The number of aliphatic hydroxyl groups is 1. The zero-order valence-corrected chi connectivity index (χ0v) is 19.2. The fourth-order valence-electron chi connectivity index (χ4n) is 4.92. The van der Waals surface area contributed by atoms with E-state index >= 15 is 0 Å². The summed E-state index contributed by atoms with van der Waals surface area (Å²) in [6, 6.07) is 8.63. The molecule has 166 valence electrons. The molecule has 0 spiro atoms. The SMILES string of the molecule is CCc1cc(Cc2cc(C)c(N3C(=O)C=CC3O)c(CC)c2)cc(C)c1N1CC=CC1=O. The van der Waals surface area contributed by atoms with Gasteiger partial charge in [-0.1, -0.05) is 44.2 Å². The van der Waals surface area contributed by atoms with E-state index < -0.39 is 6.23 Å². The zero-order chi connectivity index (χ0) is 23.0. The summed E-state index contributed by atoms with van der Waals surface area (Å²) in [5.41, 5.74) is 8.53. The van der Waals surface area contributed by atoms with Gasteiger partial charge in [-0.15, -0.1) is 0 Å². The average Bonchev–Trinajstić information content (AvgIpc) is 3.32. The molecule has 1 N–H and O–H groups in total. The van der Waals surface area contributed by atoms with Gasteiger partial charge in [-0.05, 0) is 72.6 Å². The molecular weight excluding hydrogens is 400 g/mol. The topological polar surface area (TPSA) is 60.9 Å². The second-order valence-corrected chi connectivity index (χ2v) is 8.56. The van der Waals surface area contributed by atoms with Crippen LogP contribution >= 0.6 is 0 Å². The minimum atomic E-state index is -0.914. The first-order valence-corrected chi connectivity index (χ1v) is 11.3. The van der Waals surface area contributed by atoms with Gasteiger partial charge in [0.2, 0.25) is 0 Å². The van der Waals surface area contributed by atoms with Crippen LogP contribution in [0.1, 0.15) is 47.2 Å².